The van der Waals surface area contributed by atoms with Crippen LogP contribution in [-0.2, 0) is 6.54 Å². The molecule has 0 N–H and O–H groups in total. The maximum absolute atomic E-state index is 12.9. The molecule has 2 aromatic carbocycles. The maximum Gasteiger partial charge on any atom is 0.273 e. The van der Waals surface area contributed by atoms with Gasteiger partial charge in [-0.1, -0.05) is 12.1 Å². The van der Waals surface area contributed by atoms with E-state index in [4.69, 9.17) is 9.47 Å². The second-order valence-corrected chi connectivity index (χ2v) is 5.72. The molecule has 0 radical (unpaired) electrons. The summed E-state index contributed by atoms with van der Waals surface area (Å²) in [5.41, 5.74) is 1.52. The Labute approximate surface area is 152 Å². The van der Waals surface area contributed by atoms with Crippen molar-refractivity contribution in [3.63, 3.8) is 0 Å². The molecule has 0 saturated heterocycles. The summed E-state index contributed by atoms with van der Waals surface area (Å²) in [4.78, 5) is 25.2. The van der Waals surface area contributed by atoms with Crippen LogP contribution in [0, 0.1) is 17.0 Å². The van der Waals surface area contributed by atoms with E-state index >= 15 is 0 Å². The maximum atomic E-state index is 12.9. The molecule has 26 heavy (non-hydrogen) atoms. The number of nitro groups is 1. The number of nitro benzene ring substituents is 1. The highest BCUT2D eigenvalue weighted by Crippen LogP contribution is 2.28. The second-order valence-electron chi connectivity index (χ2n) is 5.72. The summed E-state index contributed by atoms with van der Waals surface area (Å²) in [5.74, 6) is 0.948. The number of rotatable bonds is 7. The van der Waals surface area contributed by atoms with E-state index in [1.165, 1.54) is 12.1 Å². The van der Waals surface area contributed by atoms with Crippen molar-refractivity contribution in [2.75, 3.05) is 20.8 Å². The van der Waals surface area contributed by atoms with Crippen LogP contribution in [0.5, 0.6) is 11.5 Å². The van der Waals surface area contributed by atoms with Crippen LogP contribution in [-0.4, -0.2) is 36.5 Å². The van der Waals surface area contributed by atoms with E-state index in [0.717, 1.165) is 5.56 Å². The van der Waals surface area contributed by atoms with Crippen molar-refractivity contribution in [1.82, 2.24) is 4.90 Å². The quantitative estimate of drug-likeness (QED) is 0.558. The Morgan fingerprint density at radius 1 is 1.15 bits per heavy atom. The topological polar surface area (TPSA) is 81.9 Å². The fraction of sp³-hybridized carbons (Fsp3) is 0.316. The fourth-order valence-electron chi connectivity index (χ4n) is 2.75. The van der Waals surface area contributed by atoms with Gasteiger partial charge < -0.3 is 14.4 Å². The van der Waals surface area contributed by atoms with E-state index in [0.29, 0.717) is 35.7 Å². The number of methoxy groups -OCH3 is 2. The van der Waals surface area contributed by atoms with Crippen molar-refractivity contribution in [3.05, 3.63) is 63.2 Å². The number of ether oxygens (including phenoxy) is 2. The zero-order chi connectivity index (χ0) is 19.3. The first kappa shape index (κ1) is 19.2. The molecule has 7 nitrogen and oxygen atoms in total. The molecule has 0 bridgehead atoms. The van der Waals surface area contributed by atoms with Crippen LogP contribution in [0.15, 0.2) is 36.4 Å². The Balaban J connectivity index is 2.30. The first-order chi connectivity index (χ1) is 12.4. The number of hydrogen-bond acceptors (Lipinski definition) is 5. The monoisotopic (exact) mass is 358 g/mol. The molecule has 0 aliphatic carbocycles. The van der Waals surface area contributed by atoms with Gasteiger partial charge in [0.15, 0.2) is 11.5 Å². The standard InChI is InChI=1S/C19H22N2O5/c1-5-20(12-14-9-10-17(25-3)18(11-14)26-4)19(22)15-7-6-8-16(13(15)2)21(23)24/h6-11H,5,12H2,1-4H3. The Bertz CT molecular complexity index is 820. The van der Waals surface area contributed by atoms with E-state index in [9.17, 15) is 14.9 Å². The van der Waals surface area contributed by atoms with Crippen molar-refractivity contribution in [3.8, 4) is 11.5 Å². The molecule has 0 heterocycles. The summed E-state index contributed by atoms with van der Waals surface area (Å²) in [6, 6.07) is 10.00. The molecule has 138 valence electrons. The predicted octanol–water partition coefficient (Wildman–Crippen LogP) is 3.58. The largest absolute Gasteiger partial charge is 0.493 e. The lowest BCUT2D eigenvalue weighted by molar-refractivity contribution is -0.385. The minimum atomic E-state index is -0.475. The first-order valence-corrected chi connectivity index (χ1v) is 8.17. The Morgan fingerprint density at radius 3 is 2.42 bits per heavy atom. The molecular formula is C19H22N2O5. The van der Waals surface area contributed by atoms with Crippen molar-refractivity contribution in [2.45, 2.75) is 20.4 Å². The van der Waals surface area contributed by atoms with Crippen LogP contribution in [0.1, 0.15) is 28.4 Å². The van der Waals surface area contributed by atoms with Crippen molar-refractivity contribution in [1.29, 1.82) is 0 Å². The van der Waals surface area contributed by atoms with Gasteiger partial charge in [0.2, 0.25) is 0 Å². The SMILES string of the molecule is CCN(Cc1ccc(OC)c(OC)c1)C(=O)c1cccc([N+](=O)[O-])c1C. The average molecular weight is 358 g/mol. The highest BCUT2D eigenvalue weighted by molar-refractivity contribution is 5.96. The van der Waals surface area contributed by atoms with Gasteiger partial charge in [-0.15, -0.1) is 0 Å². The third kappa shape index (κ3) is 3.93. The second kappa shape index (κ2) is 8.33. The van der Waals surface area contributed by atoms with Crippen LogP contribution in [0.4, 0.5) is 5.69 Å². The molecular weight excluding hydrogens is 336 g/mol. The molecule has 0 aliphatic rings. The van der Waals surface area contributed by atoms with E-state index in [1.54, 1.807) is 38.2 Å². The number of benzene rings is 2. The summed E-state index contributed by atoms with van der Waals surface area (Å²) < 4.78 is 10.5. The van der Waals surface area contributed by atoms with E-state index in [2.05, 4.69) is 0 Å². The molecule has 0 aliphatic heterocycles. The van der Waals surface area contributed by atoms with Gasteiger partial charge in [0.25, 0.3) is 11.6 Å². The third-order valence-electron chi connectivity index (χ3n) is 4.22. The summed E-state index contributed by atoms with van der Waals surface area (Å²) in [6.07, 6.45) is 0. The van der Waals surface area contributed by atoms with Crippen molar-refractivity contribution in [2.24, 2.45) is 0 Å². The van der Waals surface area contributed by atoms with E-state index < -0.39 is 4.92 Å². The molecule has 0 spiro atoms. The van der Waals surface area contributed by atoms with Gasteiger partial charge in [-0.3, -0.25) is 14.9 Å². The molecule has 2 aromatic rings. The van der Waals surface area contributed by atoms with Crippen LogP contribution in [0.2, 0.25) is 0 Å². The van der Waals surface area contributed by atoms with Gasteiger partial charge in [-0.2, -0.15) is 0 Å². The Morgan fingerprint density at radius 2 is 1.85 bits per heavy atom. The zero-order valence-electron chi connectivity index (χ0n) is 15.3. The summed E-state index contributed by atoms with van der Waals surface area (Å²) in [7, 11) is 3.11. The number of amides is 1. The molecule has 0 aromatic heterocycles. The lowest BCUT2D eigenvalue weighted by Gasteiger charge is -2.22. The lowest BCUT2D eigenvalue weighted by Crippen LogP contribution is -2.31. The van der Waals surface area contributed by atoms with Crippen molar-refractivity contribution < 1.29 is 19.2 Å². The molecule has 1 amide bonds. The van der Waals surface area contributed by atoms with Crippen LogP contribution in [0.25, 0.3) is 0 Å². The van der Waals surface area contributed by atoms with Crippen molar-refractivity contribution >= 4 is 11.6 Å². The Hall–Kier alpha value is -3.09. The molecule has 0 atom stereocenters. The minimum Gasteiger partial charge on any atom is -0.493 e. The van der Waals surface area contributed by atoms with Gasteiger partial charge in [0.05, 0.1) is 19.1 Å². The summed E-state index contributed by atoms with van der Waals surface area (Å²) in [5, 5.41) is 11.1. The predicted molar refractivity (Wildman–Crippen MR) is 97.8 cm³/mol. The van der Waals surface area contributed by atoms with E-state index in [-0.39, 0.29) is 11.6 Å². The smallest absolute Gasteiger partial charge is 0.273 e. The average Bonchev–Trinajstić information content (AvgIpc) is 2.65. The molecule has 0 fully saturated rings. The molecule has 2 rings (SSSR count). The van der Waals surface area contributed by atoms with Gasteiger partial charge in [0.1, 0.15) is 0 Å². The summed E-state index contributed by atoms with van der Waals surface area (Å²) >= 11 is 0. The lowest BCUT2D eigenvalue weighted by atomic mass is 10.0. The zero-order valence-corrected chi connectivity index (χ0v) is 15.3. The highest BCUT2D eigenvalue weighted by atomic mass is 16.6. The fourth-order valence-corrected chi connectivity index (χ4v) is 2.75. The highest BCUT2D eigenvalue weighted by Gasteiger charge is 2.22. The molecule has 7 heteroatoms. The Kier molecular flexibility index (Phi) is 6.16. The number of carbonyl (C=O) groups is 1. The first-order valence-electron chi connectivity index (χ1n) is 8.17. The molecule has 0 saturated carbocycles. The van der Waals surface area contributed by atoms with Gasteiger partial charge >= 0.3 is 0 Å². The number of nitrogens with zero attached hydrogens (tertiary/aromatic N) is 2. The minimum absolute atomic E-state index is 0.0574. The number of hydrogen-bond donors (Lipinski definition) is 0. The normalized spacial score (nSPS) is 10.3. The van der Waals surface area contributed by atoms with Gasteiger partial charge in [-0.25, -0.2) is 0 Å². The van der Waals surface area contributed by atoms with Gasteiger partial charge in [-0.05, 0) is 37.6 Å². The van der Waals surface area contributed by atoms with Crippen LogP contribution in [0.3, 0.4) is 0 Å². The van der Waals surface area contributed by atoms with Crippen LogP contribution >= 0.6 is 0 Å². The third-order valence-corrected chi connectivity index (χ3v) is 4.22. The van der Waals surface area contributed by atoms with Crippen LogP contribution < -0.4 is 9.47 Å². The molecule has 0 unspecified atom stereocenters. The number of carbonyl (C=O) groups excluding carboxylic acids is 1. The summed E-state index contributed by atoms with van der Waals surface area (Å²) in [6.45, 7) is 4.29. The van der Waals surface area contributed by atoms with Gasteiger partial charge in [0, 0.05) is 30.3 Å². The van der Waals surface area contributed by atoms with E-state index in [1.807, 2.05) is 19.1 Å².